The fraction of sp³-hybridized carbons (Fsp3) is 0.273. The Balaban J connectivity index is 0.00000200. The molecular weight excluding hydrogens is 431 g/mol. The van der Waals surface area contributed by atoms with Crippen molar-refractivity contribution in [3.63, 3.8) is 0 Å². The average Bonchev–Trinajstić information content (AvgIpc) is 2.92. The van der Waals surface area contributed by atoms with Gasteiger partial charge in [0.2, 0.25) is 0 Å². The van der Waals surface area contributed by atoms with Gasteiger partial charge < -0.3 is 16.0 Å². The van der Waals surface area contributed by atoms with E-state index in [4.69, 9.17) is 5.73 Å². The quantitative estimate of drug-likeness (QED) is 0.619. The molecule has 1 amide bonds. The van der Waals surface area contributed by atoms with Crippen LogP contribution in [-0.4, -0.2) is 22.4 Å². The molecule has 0 aliphatic rings. The smallest absolute Gasteiger partial charge is 0.267 e. The first-order chi connectivity index (χ1) is 9.06. The number of hydrogen-bond donors (Lipinski definition) is 3. The van der Waals surface area contributed by atoms with Crippen LogP contribution in [0, 0.1) is 0 Å². The van der Waals surface area contributed by atoms with Gasteiger partial charge in [-0.3, -0.25) is 4.79 Å². The number of nitrogens with one attached hydrogen (secondary N) is 2. The summed E-state index contributed by atoms with van der Waals surface area (Å²) in [7, 11) is 0. The minimum absolute atomic E-state index is 0. The molecule has 2 heterocycles. The molecule has 2 aromatic rings. The second-order valence-electron chi connectivity index (χ2n) is 3.88. The van der Waals surface area contributed by atoms with Crippen molar-refractivity contribution in [1.82, 2.24) is 15.3 Å². The van der Waals surface area contributed by atoms with E-state index in [9.17, 15) is 4.79 Å². The van der Waals surface area contributed by atoms with Crippen molar-refractivity contribution in [3.8, 4) is 0 Å². The number of amides is 1. The third-order valence-electron chi connectivity index (χ3n) is 2.43. The van der Waals surface area contributed by atoms with Crippen LogP contribution >= 0.6 is 55.6 Å². The maximum absolute atomic E-state index is 11.8. The molecule has 0 bridgehead atoms. The van der Waals surface area contributed by atoms with E-state index in [0.29, 0.717) is 17.4 Å². The summed E-state index contributed by atoms with van der Waals surface area (Å²) in [5, 5.41) is 5.37. The van der Waals surface area contributed by atoms with Crippen molar-refractivity contribution in [2.75, 3.05) is 12.3 Å². The number of aromatic amines is 1. The van der Waals surface area contributed by atoms with E-state index in [2.05, 4.69) is 47.1 Å². The minimum atomic E-state index is -0.121. The Hall–Kier alpha value is -0.570. The first kappa shape index (κ1) is 17.5. The van der Waals surface area contributed by atoms with Gasteiger partial charge in [0, 0.05) is 11.9 Å². The molecular formula is C11H13Br2ClN4OS. The number of carbonyl (C=O) groups is 1. The van der Waals surface area contributed by atoms with Crippen LogP contribution in [0.5, 0.6) is 0 Å². The Morgan fingerprint density at radius 2 is 2.25 bits per heavy atom. The van der Waals surface area contributed by atoms with Crippen LogP contribution in [-0.2, 0) is 6.42 Å². The lowest BCUT2D eigenvalue weighted by Gasteiger charge is -2.02. The molecule has 9 heteroatoms. The van der Waals surface area contributed by atoms with Gasteiger partial charge in [-0.15, -0.1) is 23.7 Å². The van der Waals surface area contributed by atoms with Crippen molar-refractivity contribution in [3.05, 3.63) is 31.9 Å². The molecule has 5 nitrogen and oxygen atoms in total. The van der Waals surface area contributed by atoms with E-state index in [1.807, 2.05) is 5.38 Å². The molecule has 0 saturated heterocycles. The summed E-state index contributed by atoms with van der Waals surface area (Å²) in [6.07, 6.45) is 1.64. The first-order valence-corrected chi connectivity index (χ1v) is 8.05. The molecule has 0 unspecified atom stereocenters. The Bertz CT molecular complexity index is 567. The predicted octanol–water partition coefficient (Wildman–Crippen LogP) is 3.36. The fourth-order valence-corrected chi connectivity index (χ4v) is 2.78. The Kier molecular flexibility index (Phi) is 7.01. The van der Waals surface area contributed by atoms with Gasteiger partial charge in [0.05, 0.1) is 14.8 Å². The topological polar surface area (TPSA) is 83.8 Å². The van der Waals surface area contributed by atoms with Crippen LogP contribution in [0.25, 0.3) is 0 Å². The zero-order chi connectivity index (χ0) is 13.8. The maximum Gasteiger partial charge on any atom is 0.267 e. The Labute approximate surface area is 143 Å². The molecule has 0 radical (unpaired) electrons. The summed E-state index contributed by atoms with van der Waals surface area (Å²) in [6.45, 7) is 0.602. The van der Waals surface area contributed by atoms with Crippen LogP contribution in [0.15, 0.2) is 20.5 Å². The van der Waals surface area contributed by atoms with Crippen LogP contribution in [0.1, 0.15) is 22.6 Å². The van der Waals surface area contributed by atoms with Crippen LogP contribution < -0.4 is 11.1 Å². The van der Waals surface area contributed by atoms with Gasteiger partial charge in [0.15, 0.2) is 5.13 Å². The number of H-pyrrole nitrogens is 1. The van der Waals surface area contributed by atoms with E-state index in [0.717, 1.165) is 27.6 Å². The largest absolute Gasteiger partial charge is 0.375 e. The highest BCUT2D eigenvalue weighted by Gasteiger charge is 2.10. The maximum atomic E-state index is 11.8. The molecule has 0 fully saturated rings. The first-order valence-electron chi connectivity index (χ1n) is 5.58. The molecule has 20 heavy (non-hydrogen) atoms. The number of halogens is 3. The molecule has 4 N–H and O–H groups in total. The van der Waals surface area contributed by atoms with Crippen molar-refractivity contribution < 1.29 is 4.79 Å². The van der Waals surface area contributed by atoms with Gasteiger partial charge in [0.25, 0.3) is 5.91 Å². The second kappa shape index (κ2) is 8.02. The lowest BCUT2D eigenvalue weighted by molar-refractivity contribution is 0.0948. The number of hydrogen-bond acceptors (Lipinski definition) is 4. The zero-order valence-corrected chi connectivity index (χ0v) is 15.1. The van der Waals surface area contributed by atoms with Gasteiger partial charge in [-0.1, -0.05) is 0 Å². The lowest BCUT2D eigenvalue weighted by Crippen LogP contribution is -2.25. The van der Waals surface area contributed by atoms with E-state index >= 15 is 0 Å². The summed E-state index contributed by atoms with van der Waals surface area (Å²) < 4.78 is 1.59. The number of anilines is 1. The summed E-state index contributed by atoms with van der Waals surface area (Å²) in [4.78, 5) is 18.9. The summed E-state index contributed by atoms with van der Waals surface area (Å²) in [6, 6.07) is 1.74. The number of aromatic nitrogens is 2. The number of nitrogens with two attached hydrogens (primary N) is 1. The Morgan fingerprint density at radius 3 is 2.80 bits per heavy atom. The molecule has 0 aliphatic heterocycles. The van der Waals surface area contributed by atoms with Crippen LogP contribution in [0.2, 0.25) is 0 Å². The molecule has 2 aromatic heterocycles. The predicted molar refractivity (Wildman–Crippen MR) is 90.6 cm³/mol. The fourth-order valence-electron chi connectivity index (χ4n) is 1.53. The van der Waals surface area contributed by atoms with Crippen LogP contribution in [0.3, 0.4) is 0 Å². The summed E-state index contributed by atoms with van der Waals surface area (Å²) in [5.41, 5.74) is 7.05. The normalized spacial score (nSPS) is 10.1. The molecule has 0 aliphatic carbocycles. The lowest BCUT2D eigenvalue weighted by atomic mass is 10.2. The highest BCUT2D eigenvalue weighted by atomic mass is 79.9. The number of carbonyl (C=O) groups excluding carboxylic acids is 1. The number of rotatable bonds is 5. The SMILES string of the molecule is Cl.Nc1nc(CCCNC(=O)c2cc(Br)c(Br)[nH]2)cs1. The zero-order valence-electron chi connectivity index (χ0n) is 10.3. The van der Waals surface area contributed by atoms with E-state index in [1.165, 1.54) is 11.3 Å². The third-order valence-corrected chi connectivity index (χ3v) is 4.94. The molecule has 0 atom stereocenters. The number of aryl methyl sites for hydroxylation is 1. The number of thiazole rings is 1. The van der Waals surface area contributed by atoms with Gasteiger partial charge in [0.1, 0.15) is 5.69 Å². The van der Waals surface area contributed by atoms with E-state index in [1.54, 1.807) is 6.07 Å². The second-order valence-corrected chi connectivity index (χ2v) is 6.42. The highest BCUT2D eigenvalue weighted by Crippen LogP contribution is 2.22. The highest BCUT2D eigenvalue weighted by molar-refractivity contribution is 9.13. The van der Waals surface area contributed by atoms with Gasteiger partial charge in [-0.2, -0.15) is 0 Å². The Morgan fingerprint density at radius 1 is 1.50 bits per heavy atom. The summed E-state index contributed by atoms with van der Waals surface area (Å²) in [5.74, 6) is -0.121. The van der Waals surface area contributed by atoms with Gasteiger partial charge in [-0.25, -0.2) is 4.98 Å². The van der Waals surface area contributed by atoms with Gasteiger partial charge in [-0.05, 0) is 50.8 Å². The molecule has 2 rings (SSSR count). The van der Waals surface area contributed by atoms with Gasteiger partial charge >= 0.3 is 0 Å². The van der Waals surface area contributed by atoms with Crippen molar-refractivity contribution in [1.29, 1.82) is 0 Å². The summed E-state index contributed by atoms with van der Waals surface area (Å²) >= 11 is 8.05. The standard InChI is InChI=1S/C11H12Br2N4OS.ClH/c12-7-4-8(17-9(7)13)10(18)15-3-1-2-6-5-19-11(14)16-6;/h4-5,17H,1-3H2,(H2,14,16)(H,15,18);1H. The van der Waals surface area contributed by atoms with E-state index < -0.39 is 0 Å². The van der Waals surface area contributed by atoms with Crippen molar-refractivity contribution in [2.24, 2.45) is 0 Å². The van der Waals surface area contributed by atoms with Crippen molar-refractivity contribution in [2.45, 2.75) is 12.8 Å². The number of nitrogens with zero attached hydrogens (tertiary/aromatic N) is 1. The molecule has 0 saturated carbocycles. The van der Waals surface area contributed by atoms with E-state index in [-0.39, 0.29) is 18.3 Å². The monoisotopic (exact) mass is 442 g/mol. The molecule has 110 valence electrons. The average molecular weight is 445 g/mol. The third kappa shape index (κ3) is 4.76. The van der Waals surface area contributed by atoms with Crippen molar-refractivity contribution >= 4 is 66.6 Å². The van der Waals surface area contributed by atoms with Crippen LogP contribution in [0.4, 0.5) is 5.13 Å². The minimum Gasteiger partial charge on any atom is -0.375 e. The molecule has 0 spiro atoms. The molecule has 0 aromatic carbocycles. The number of nitrogen functional groups attached to an aromatic ring is 1.